The molecule has 1 aliphatic carbocycles. The van der Waals surface area contributed by atoms with Crippen LogP contribution >= 0.6 is 31.9 Å². The minimum atomic E-state index is 0.661. The maximum absolute atomic E-state index is 4.56. The van der Waals surface area contributed by atoms with E-state index < -0.39 is 0 Å². The predicted octanol–water partition coefficient (Wildman–Crippen LogP) is 4.15. The molecule has 0 bridgehead atoms. The van der Waals surface area contributed by atoms with Gasteiger partial charge in [-0.3, -0.25) is 9.97 Å². The van der Waals surface area contributed by atoms with Crippen LogP contribution in [-0.4, -0.2) is 27.9 Å². The van der Waals surface area contributed by atoms with Gasteiger partial charge in [-0.25, -0.2) is 0 Å². The van der Waals surface area contributed by atoms with E-state index in [1.807, 2.05) is 18.5 Å². The summed E-state index contributed by atoms with van der Waals surface area (Å²) in [4.78, 5) is 11.5. The second kappa shape index (κ2) is 5.75. The Kier molecular flexibility index (Phi) is 4.03. The van der Waals surface area contributed by atoms with E-state index in [4.69, 9.17) is 0 Å². The van der Waals surface area contributed by atoms with Crippen molar-refractivity contribution in [3.8, 4) is 0 Å². The zero-order valence-electron chi connectivity index (χ0n) is 10.5. The third-order valence-electron chi connectivity index (χ3n) is 3.67. The van der Waals surface area contributed by atoms with Gasteiger partial charge in [0, 0.05) is 34.8 Å². The monoisotopic (exact) mass is 383 g/mol. The fourth-order valence-corrected chi connectivity index (χ4v) is 3.21. The summed E-state index contributed by atoms with van der Waals surface area (Å²) in [6.45, 7) is 1.02. The number of hydrogen-bond acceptors (Lipinski definition) is 3. The number of aromatic nitrogens is 2. The number of pyridine rings is 2. The van der Waals surface area contributed by atoms with Crippen molar-refractivity contribution in [2.75, 3.05) is 16.8 Å². The van der Waals surface area contributed by atoms with Gasteiger partial charge >= 0.3 is 0 Å². The van der Waals surface area contributed by atoms with E-state index in [0.717, 1.165) is 27.4 Å². The molecule has 0 aromatic carbocycles. The Morgan fingerprint density at radius 3 is 2.84 bits per heavy atom. The van der Waals surface area contributed by atoms with Gasteiger partial charge in [0.15, 0.2) is 0 Å². The van der Waals surface area contributed by atoms with Gasteiger partial charge in [-0.15, -0.1) is 0 Å². The second-order valence-electron chi connectivity index (χ2n) is 4.82. The third kappa shape index (κ3) is 2.63. The average molecular weight is 385 g/mol. The number of rotatable bonds is 4. The topological polar surface area (TPSA) is 29.0 Å². The van der Waals surface area contributed by atoms with E-state index in [1.165, 1.54) is 24.9 Å². The number of anilines is 1. The van der Waals surface area contributed by atoms with Gasteiger partial charge in [0.05, 0.1) is 11.2 Å². The summed E-state index contributed by atoms with van der Waals surface area (Å²) >= 11 is 7.01. The van der Waals surface area contributed by atoms with Crippen LogP contribution < -0.4 is 4.90 Å². The van der Waals surface area contributed by atoms with Crippen molar-refractivity contribution in [3.05, 3.63) is 29.0 Å². The summed E-state index contributed by atoms with van der Waals surface area (Å²) in [6.07, 6.45) is 7.64. The molecule has 0 saturated heterocycles. The highest BCUT2D eigenvalue weighted by molar-refractivity contribution is 9.10. The molecule has 5 heteroatoms. The van der Waals surface area contributed by atoms with Crippen molar-refractivity contribution in [3.63, 3.8) is 0 Å². The lowest BCUT2D eigenvalue weighted by Gasteiger charge is -2.39. The van der Waals surface area contributed by atoms with Crippen LogP contribution in [0.3, 0.4) is 0 Å². The van der Waals surface area contributed by atoms with Crippen molar-refractivity contribution in [2.45, 2.75) is 25.3 Å². The van der Waals surface area contributed by atoms with Crippen molar-refractivity contribution in [1.29, 1.82) is 0 Å². The number of halogens is 2. The summed E-state index contributed by atoms with van der Waals surface area (Å²) in [6, 6.07) is 4.77. The lowest BCUT2D eigenvalue weighted by Crippen LogP contribution is -2.41. The molecule has 2 heterocycles. The fraction of sp³-hybridized carbons (Fsp3) is 0.429. The zero-order chi connectivity index (χ0) is 13.2. The van der Waals surface area contributed by atoms with Crippen LogP contribution in [0.4, 0.5) is 5.69 Å². The molecule has 0 aliphatic heterocycles. The summed E-state index contributed by atoms with van der Waals surface area (Å²) in [5, 5.41) is 0.976. The van der Waals surface area contributed by atoms with Gasteiger partial charge in [-0.05, 0) is 47.3 Å². The van der Waals surface area contributed by atoms with Gasteiger partial charge in [-0.1, -0.05) is 15.9 Å². The van der Waals surface area contributed by atoms with Crippen LogP contribution in [0.5, 0.6) is 0 Å². The van der Waals surface area contributed by atoms with E-state index in [0.29, 0.717) is 6.04 Å². The van der Waals surface area contributed by atoms with Gasteiger partial charge < -0.3 is 4.90 Å². The molecular weight excluding hydrogens is 370 g/mol. The van der Waals surface area contributed by atoms with Crippen molar-refractivity contribution in [2.24, 2.45) is 0 Å². The van der Waals surface area contributed by atoms with Crippen LogP contribution in [0.2, 0.25) is 0 Å². The molecule has 0 spiro atoms. The Balaban J connectivity index is 2.06. The Labute approximate surface area is 129 Å². The first kappa shape index (κ1) is 13.3. The molecule has 0 unspecified atom stereocenters. The van der Waals surface area contributed by atoms with Gasteiger partial charge in [0.2, 0.25) is 0 Å². The van der Waals surface area contributed by atoms with Crippen molar-refractivity contribution >= 4 is 48.6 Å². The quantitative estimate of drug-likeness (QED) is 0.741. The minimum Gasteiger partial charge on any atom is -0.366 e. The molecule has 0 atom stereocenters. The molecule has 0 radical (unpaired) electrons. The lowest BCUT2D eigenvalue weighted by molar-refractivity contribution is 0.391. The van der Waals surface area contributed by atoms with Crippen LogP contribution in [-0.2, 0) is 0 Å². The number of alkyl halides is 1. The zero-order valence-corrected chi connectivity index (χ0v) is 13.7. The molecule has 3 rings (SSSR count). The molecule has 2 aromatic rings. The standard InChI is InChI=1S/C14H15Br2N3/c15-5-7-19(11-2-1-3-11)13-4-6-17-12-8-10(16)9-18-14(12)13/h4,6,8-9,11H,1-3,5,7H2. The maximum Gasteiger partial charge on any atom is 0.112 e. The van der Waals surface area contributed by atoms with Crippen LogP contribution in [0.1, 0.15) is 19.3 Å². The minimum absolute atomic E-state index is 0.661. The summed E-state index contributed by atoms with van der Waals surface area (Å²) in [5.74, 6) is 0. The highest BCUT2D eigenvalue weighted by Gasteiger charge is 2.26. The number of hydrogen-bond donors (Lipinski definition) is 0. The maximum atomic E-state index is 4.56. The van der Waals surface area contributed by atoms with E-state index >= 15 is 0 Å². The summed E-state index contributed by atoms with van der Waals surface area (Å²) in [7, 11) is 0. The molecule has 2 aromatic heterocycles. The Hall–Kier alpha value is -0.680. The van der Waals surface area contributed by atoms with Crippen LogP contribution in [0.15, 0.2) is 29.0 Å². The molecule has 19 heavy (non-hydrogen) atoms. The SMILES string of the molecule is BrCCN(c1ccnc2cc(Br)cnc12)C1CCC1. The first-order valence-electron chi connectivity index (χ1n) is 6.52. The second-order valence-corrected chi connectivity index (χ2v) is 6.53. The smallest absolute Gasteiger partial charge is 0.112 e. The summed E-state index contributed by atoms with van der Waals surface area (Å²) < 4.78 is 0.973. The Morgan fingerprint density at radius 1 is 1.32 bits per heavy atom. The molecule has 0 amide bonds. The normalized spacial score (nSPS) is 15.5. The third-order valence-corrected chi connectivity index (χ3v) is 4.46. The molecular formula is C14H15Br2N3. The molecule has 1 saturated carbocycles. The average Bonchev–Trinajstić information content (AvgIpc) is 2.35. The van der Waals surface area contributed by atoms with Crippen LogP contribution in [0, 0.1) is 0 Å². The molecule has 1 fully saturated rings. The highest BCUT2D eigenvalue weighted by atomic mass is 79.9. The first-order valence-corrected chi connectivity index (χ1v) is 8.44. The highest BCUT2D eigenvalue weighted by Crippen LogP contribution is 2.33. The molecule has 0 N–H and O–H groups in total. The molecule has 3 nitrogen and oxygen atoms in total. The van der Waals surface area contributed by atoms with E-state index in [2.05, 4.69) is 52.8 Å². The van der Waals surface area contributed by atoms with Gasteiger partial charge in [-0.2, -0.15) is 0 Å². The fourth-order valence-electron chi connectivity index (χ4n) is 2.51. The van der Waals surface area contributed by atoms with Crippen molar-refractivity contribution in [1.82, 2.24) is 9.97 Å². The molecule has 1 aliphatic rings. The summed E-state index contributed by atoms with van der Waals surface area (Å²) in [5.41, 5.74) is 3.16. The van der Waals surface area contributed by atoms with Gasteiger partial charge in [0.25, 0.3) is 0 Å². The van der Waals surface area contributed by atoms with Crippen molar-refractivity contribution < 1.29 is 0 Å². The first-order chi connectivity index (χ1) is 9.29. The Morgan fingerprint density at radius 2 is 2.16 bits per heavy atom. The lowest BCUT2D eigenvalue weighted by atomic mass is 9.91. The largest absolute Gasteiger partial charge is 0.366 e. The van der Waals surface area contributed by atoms with E-state index in [1.54, 1.807) is 0 Å². The molecule has 100 valence electrons. The van der Waals surface area contributed by atoms with Gasteiger partial charge in [0.1, 0.15) is 5.52 Å². The number of nitrogens with zero attached hydrogens (tertiary/aromatic N) is 3. The van der Waals surface area contributed by atoms with E-state index in [9.17, 15) is 0 Å². The van der Waals surface area contributed by atoms with E-state index in [-0.39, 0.29) is 0 Å². The predicted molar refractivity (Wildman–Crippen MR) is 86.0 cm³/mol. The Bertz CT molecular complexity index is 584. The number of fused-ring (bicyclic) bond motifs is 1. The van der Waals surface area contributed by atoms with Crippen LogP contribution in [0.25, 0.3) is 11.0 Å².